The van der Waals surface area contributed by atoms with Gasteiger partial charge in [-0.2, -0.15) is 0 Å². The van der Waals surface area contributed by atoms with E-state index >= 15 is 0 Å². The summed E-state index contributed by atoms with van der Waals surface area (Å²) < 4.78 is 5.25. The molecule has 0 aliphatic rings. The summed E-state index contributed by atoms with van der Waals surface area (Å²) >= 11 is 1.58. The van der Waals surface area contributed by atoms with Gasteiger partial charge in [-0.1, -0.05) is 24.8 Å². The van der Waals surface area contributed by atoms with Gasteiger partial charge >= 0.3 is 5.63 Å². The van der Waals surface area contributed by atoms with Crippen LogP contribution >= 0.6 is 11.8 Å². The van der Waals surface area contributed by atoms with E-state index in [-0.39, 0.29) is 11.4 Å². The molecule has 0 saturated carbocycles. The molecule has 1 aromatic carbocycles. The van der Waals surface area contributed by atoms with Crippen molar-refractivity contribution in [3.05, 3.63) is 82.1 Å². The van der Waals surface area contributed by atoms with E-state index in [1.807, 2.05) is 37.3 Å². The quantitative estimate of drug-likeness (QED) is 0.507. The van der Waals surface area contributed by atoms with E-state index in [0.29, 0.717) is 17.1 Å². The minimum absolute atomic E-state index is 0.0346. The van der Waals surface area contributed by atoms with Crippen LogP contribution in [0.1, 0.15) is 16.9 Å². The topological polar surface area (TPSA) is 50.4 Å². The van der Waals surface area contributed by atoms with Crippen molar-refractivity contribution < 1.29 is 9.52 Å². The number of rotatable bonds is 5. The molecule has 0 unspecified atom stereocenters. The number of allylic oxidation sites excluding steroid dienone is 1. The lowest BCUT2D eigenvalue weighted by Gasteiger charge is -2.04. The Bertz CT molecular complexity index is 715. The van der Waals surface area contributed by atoms with Crippen LogP contribution in [-0.4, -0.2) is 5.11 Å². The van der Waals surface area contributed by atoms with Crippen molar-refractivity contribution in [2.24, 2.45) is 0 Å². The summed E-state index contributed by atoms with van der Waals surface area (Å²) in [6, 6.07) is 11.7. The summed E-state index contributed by atoms with van der Waals surface area (Å²) in [6.07, 6.45) is 2.68. The number of hydrogen-bond acceptors (Lipinski definition) is 4. The molecule has 3 nitrogen and oxygen atoms in total. The third kappa shape index (κ3) is 4.13. The zero-order valence-corrected chi connectivity index (χ0v) is 12.5. The molecule has 0 aliphatic carbocycles. The smallest absolute Gasteiger partial charge is 0.340 e. The highest BCUT2D eigenvalue weighted by Gasteiger charge is 2.08. The molecule has 0 saturated heterocycles. The highest BCUT2D eigenvalue weighted by Crippen LogP contribution is 2.22. The van der Waals surface area contributed by atoms with Crippen molar-refractivity contribution in [3.63, 3.8) is 0 Å². The summed E-state index contributed by atoms with van der Waals surface area (Å²) in [5.74, 6) is 0.864. The molecule has 4 heteroatoms. The molecule has 0 fully saturated rings. The van der Waals surface area contributed by atoms with Crippen LogP contribution in [0.5, 0.6) is 0 Å². The second-order valence-electron chi connectivity index (χ2n) is 4.48. The summed E-state index contributed by atoms with van der Waals surface area (Å²) in [7, 11) is 0. The molecule has 1 N–H and O–H groups in total. The van der Waals surface area contributed by atoms with Crippen molar-refractivity contribution >= 4 is 17.8 Å². The Balaban J connectivity index is 2.21. The predicted molar refractivity (Wildman–Crippen MR) is 86.5 cm³/mol. The van der Waals surface area contributed by atoms with Crippen LogP contribution in [-0.2, 0) is 5.75 Å². The third-order valence-electron chi connectivity index (χ3n) is 2.87. The van der Waals surface area contributed by atoms with E-state index < -0.39 is 0 Å². The standard InChI is InChI=1S/C17H16O3S/c1-3-14(18)10-16-12(2)9-13(17(19)20-16)11-21-15-7-5-4-6-8-15/h3-10,18H,1,11H2,2H3/b14-10+. The van der Waals surface area contributed by atoms with Crippen molar-refractivity contribution in [3.8, 4) is 0 Å². The van der Waals surface area contributed by atoms with Gasteiger partial charge in [0.25, 0.3) is 0 Å². The number of aryl methyl sites for hydroxylation is 1. The van der Waals surface area contributed by atoms with E-state index in [9.17, 15) is 9.90 Å². The highest BCUT2D eigenvalue weighted by molar-refractivity contribution is 7.98. The lowest BCUT2D eigenvalue weighted by Crippen LogP contribution is -2.08. The van der Waals surface area contributed by atoms with Crippen LogP contribution in [0.3, 0.4) is 0 Å². The number of thioether (sulfide) groups is 1. The van der Waals surface area contributed by atoms with Crippen LogP contribution in [0.25, 0.3) is 6.08 Å². The Morgan fingerprint density at radius 3 is 2.76 bits per heavy atom. The SMILES string of the molecule is C=C/C(O)=C\c1oc(=O)c(CSc2ccccc2)cc1C. The summed E-state index contributed by atoms with van der Waals surface area (Å²) in [4.78, 5) is 13.1. The first-order chi connectivity index (χ1) is 10.1. The zero-order valence-electron chi connectivity index (χ0n) is 11.7. The van der Waals surface area contributed by atoms with Gasteiger partial charge in [-0.05, 0) is 36.8 Å². The normalized spacial score (nSPS) is 11.4. The van der Waals surface area contributed by atoms with Gasteiger partial charge < -0.3 is 9.52 Å². The largest absolute Gasteiger partial charge is 0.508 e. The Morgan fingerprint density at radius 1 is 1.38 bits per heavy atom. The average molecular weight is 300 g/mol. The van der Waals surface area contributed by atoms with Crippen molar-refractivity contribution in [1.29, 1.82) is 0 Å². The van der Waals surface area contributed by atoms with Gasteiger partial charge in [0, 0.05) is 22.3 Å². The fourth-order valence-electron chi connectivity index (χ4n) is 1.75. The Labute approximate surface area is 127 Å². The molecule has 0 spiro atoms. The first-order valence-corrected chi connectivity index (χ1v) is 7.43. The number of hydrogen-bond donors (Lipinski definition) is 1. The van der Waals surface area contributed by atoms with E-state index in [1.54, 1.807) is 17.8 Å². The van der Waals surface area contributed by atoms with Gasteiger partial charge in [-0.15, -0.1) is 11.8 Å². The number of aliphatic hydroxyl groups is 1. The van der Waals surface area contributed by atoms with Gasteiger partial charge in [0.05, 0.1) is 0 Å². The van der Waals surface area contributed by atoms with Gasteiger partial charge in [0.2, 0.25) is 0 Å². The molecule has 0 amide bonds. The van der Waals surface area contributed by atoms with Crippen molar-refractivity contribution in [2.75, 3.05) is 0 Å². The lowest BCUT2D eigenvalue weighted by molar-refractivity contribution is 0.432. The fourth-order valence-corrected chi connectivity index (χ4v) is 2.63. The average Bonchev–Trinajstić information content (AvgIpc) is 2.50. The van der Waals surface area contributed by atoms with Crippen LogP contribution in [0.4, 0.5) is 0 Å². The Kier molecular flexibility index (Phi) is 5.06. The minimum atomic E-state index is -0.382. The third-order valence-corrected chi connectivity index (χ3v) is 3.93. The van der Waals surface area contributed by atoms with Crippen molar-refractivity contribution in [2.45, 2.75) is 17.6 Å². The molecule has 0 atom stereocenters. The van der Waals surface area contributed by atoms with Crippen LogP contribution in [0, 0.1) is 6.92 Å². The predicted octanol–water partition coefficient (Wildman–Crippen LogP) is 4.33. The molecule has 1 heterocycles. The highest BCUT2D eigenvalue weighted by atomic mass is 32.2. The molecular formula is C17H16O3S. The second-order valence-corrected chi connectivity index (χ2v) is 5.53. The fraction of sp³-hybridized carbons (Fsp3) is 0.118. The monoisotopic (exact) mass is 300 g/mol. The van der Waals surface area contributed by atoms with Crippen LogP contribution < -0.4 is 5.63 Å². The van der Waals surface area contributed by atoms with Crippen LogP contribution in [0.15, 0.2) is 68.9 Å². The van der Waals surface area contributed by atoms with Crippen molar-refractivity contribution in [1.82, 2.24) is 0 Å². The zero-order chi connectivity index (χ0) is 15.2. The molecule has 0 aliphatic heterocycles. The lowest BCUT2D eigenvalue weighted by atomic mass is 10.2. The summed E-state index contributed by atoms with van der Waals surface area (Å²) in [6.45, 7) is 5.28. The molecule has 2 rings (SSSR count). The molecule has 108 valence electrons. The van der Waals surface area contributed by atoms with E-state index in [2.05, 4.69) is 6.58 Å². The van der Waals surface area contributed by atoms with Gasteiger partial charge in [0.1, 0.15) is 11.5 Å². The summed E-state index contributed by atoms with van der Waals surface area (Å²) in [5.41, 5.74) is 1.02. The Hall–Kier alpha value is -2.20. The molecule has 0 radical (unpaired) electrons. The molecule has 21 heavy (non-hydrogen) atoms. The van der Waals surface area contributed by atoms with Gasteiger partial charge in [-0.25, -0.2) is 4.79 Å². The maximum absolute atomic E-state index is 12.0. The maximum atomic E-state index is 12.0. The number of benzene rings is 1. The summed E-state index contributed by atoms with van der Waals surface area (Å²) in [5, 5.41) is 9.42. The van der Waals surface area contributed by atoms with E-state index in [1.165, 1.54) is 12.2 Å². The van der Waals surface area contributed by atoms with Crippen LogP contribution in [0.2, 0.25) is 0 Å². The van der Waals surface area contributed by atoms with Gasteiger partial charge in [0.15, 0.2) is 0 Å². The minimum Gasteiger partial charge on any atom is -0.508 e. The maximum Gasteiger partial charge on any atom is 0.340 e. The Morgan fingerprint density at radius 2 is 2.10 bits per heavy atom. The first kappa shape index (κ1) is 15.2. The number of aliphatic hydroxyl groups excluding tert-OH is 1. The second kappa shape index (κ2) is 6.99. The van der Waals surface area contributed by atoms with E-state index in [4.69, 9.17) is 4.42 Å². The molecule has 2 aromatic rings. The van der Waals surface area contributed by atoms with Gasteiger partial charge in [-0.3, -0.25) is 0 Å². The first-order valence-electron chi connectivity index (χ1n) is 6.44. The van der Waals surface area contributed by atoms with E-state index in [0.717, 1.165) is 10.5 Å². The molecular weight excluding hydrogens is 284 g/mol. The molecule has 0 bridgehead atoms. The molecule has 1 aromatic heterocycles.